The van der Waals surface area contributed by atoms with Gasteiger partial charge in [0.15, 0.2) is 11.5 Å². The van der Waals surface area contributed by atoms with Gasteiger partial charge in [0.1, 0.15) is 5.71 Å². The highest BCUT2D eigenvalue weighted by Gasteiger charge is 2.24. The molecule has 0 fully saturated rings. The van der Waals surface area contributed by atoms with Gasteiger partial charge in [0.25, 0.3) is 0 Å². The van der Waals surface area contributed by atoms with Gasteiger partial charge in [-0.2, -0.15) is 10.2 Å². The standard InChI is InChI=1S/C14H15N7/c1-9-8-11(21(2)20-9)12-13(14(15)19-17-12)18-16-10-6-4-3-5-7-10/h3-8,16H,1-2H3,(H2,15,18,19). The average Bonchev–Trinajstić information content (AvgIpc) is 3.00. The number of para-hydroxylation sites is 1. The smallest absolute Gasteiger partial charge is 0.176 e. The van der Waals surface area contributed by atoms with Crippen molar-refractivity contribution in [3.8, 4) is 0 Å². The minimum atomic E-state index is 0.285. The molecule has 0 unspecified atom stereocenters. The number of benzene rings is 1. The Kier molecular flexibility index (Phi) is 3.23. The molecule has 0 saturated heterocycles. The van der Waals surface area contributed by atoms with Crippen LogP contribution in [0.25, 0.3) is 0 Å². The van der Waals surface area contributed by atoms with Crippen molar-refractivity contribution in [1.29, 1.82) is 0 Å². The molecule has 7 heteroatoms. The first-order valence-corrected chi connectivity index (χ1v) is 6.47. The molecule has 0 bridgehead atoms. The lowest BCUT2D eigenvalue weighted by molar-refractivity contribution is 0.750. The van der Waals surface area contributed by atoms with E-state index in [1.807, 2.05) is 50.4 Å². The maximum Gasteiger partial charge on any atom is 0.176 e. The van der Waals surface area contributed by atoms with Gasteiger partial charge in [-0.15, -0.1) is 10.2 Å². The van der Waals surface area contributed by atoms with E-state index in [2.05, 4.69) is 25.8 Å². The van der Waals surface area contributed by atoms with Crippen molar-refractivity contribution >= 4 is 22.9 Å². The van der Waals surface area contributed by atoms with Crippen LogP contribution in [0.4, 0.5) is 5.69 Å². The lowest BCUT2D eigenvalue weighted by Crippen LogP contribution is -2.29. The van der Waals surface area contributed by atoms with Crippen LogP contribution in [0.15, 0.2) is 51.7 Å². The molecule has 0 radical (unpaired) electrons. The number of hydrogen-bond donors (Lipinski definition) is 2. The van der Waals surface area contributed by atoms with Crippen molar-refractivity contribution in [3.63, 3.8) is 0 Å². The second kappa shape index (κ2) is 5.20. The summed E-state index contributed by atoms with van der Waals surface area (Å²) in [5.74, 6) is 0.285. The van der Waals surface area contributed by atoms with Gasteiger partial charge >= 0.3 is 0 Å². The summed E-state index contributed by atoms with van der Waals surface area (Å²) in [7, 11) is 1.85. The Balaban J connectivity index is 1.91. The van der Waals surface area contributed by atoms with Crippen LogP contribution in [0.5, 0.6) is 0 Å². The first-order chi connectivity index (χ1) is 10.1. The number of anilines is 1. The van der Waals surface area contributed by atoms with Gasteiger partial charge in [-0.1, -0.05) is 18.2 Å². The zero-order chi connectivity index (χ0) is 14.8. The molecule has 0 spiro atoms. The molecule has 0 saturated carbocycles. The fourth-order valence-electron chi connectivity index (χ4n) is 2.07. The molecule has 1 aliphatic heterocycles. The van der Waals surface area contributed by atoms with E-state index in [-0.39, 0.29) is 5.84 Å². The quantitative estimate of drug-likeness (QED) is 0.830. The molecule has 0 aliphatic carbocycles. The summed E-state index contributed by atoms with van der Waals surface area (Å²) in [6.45, 7) is 1.92. The number of amidine groups is 1. The largest absolute Gasteiger partial charge is 0.380 e. The van der Waals surface area contributed by atoms with Gasteiger partial charge in [-0.05, 0) is 25.1 Å². The molecule has 1 aliphatic rings. The number of hydrogen-bond acceptors (Lipinski definition) is 6. The molecule has 3 N–H and O–H groups in total. The second-order valence-corrected chi connectivity index (χ2v) is 4.67. The maximum atomic E-state index is 5.86. The van der Waals surface area contributed by atoms with Gasteiger partial charge in [0, 0.05) is 7.05 Å². The first-order valence-electron chi connectivity index (χ1n) is 6.47. The summed E-state index contributed by atoms with van der Waals surface area (Å²) in [5, 5.41) is 16.6. The minimum absolute atomic E-state index is 0.285. The third kappa shape index (κ3) is 2.53. The third-order valence-corrected chi connectivity index (χ3v) is 3.04. The van der Waals surface area contributed by atoms with Crippen LogP contribution in [-0.2, 0) is 7.05 Å². The highest BCUT2D eigenvalue weighted by Crippen LogP contribution is 2.11. The van der Waals surface area contributed by atoms with Crippen molar-refractivity contribution in [1.82, 2.24) is 9.78 Å². The molecular weight excluding hydrogens is 266 g/mol. The van der Waals surface area contributed by atoms with E-state index < -0.39 is 0 Å². The van der Waals surface area contributed by atoms with E-state index in [1.165, 1.54) is 0 Å². The Morgan fingerprint density at radius 3 is 2.62 bits per heavy atom. The Morgan fingerprint density at radius 1 is 1.19 bits per heavy atom. The number of rotatable bonds is 3. The van der Waals surface area contributed by atoms with Gasteiger partial charge in [-0.3, -0.25) is 10.1 Å². The summed E-state index contributed by atoms with van der Waals surface area (Å²) in [4.78, 5) is 0. The predicted octanol–water partition coefficient (Wildman–Crippen LogP) is 1.27. The van der Waals surface area contributed by atoms with Crippen molar-refractivity contribution in [2.24, 2.45) is 28.1 Å². The van der Waals surface area contributed by atoms with Crippen LogP contribution >= 0.6 is 0 Å². The summed E-state index contributed by atoms with van der Waals surface area (Å²) in [5.41, 5.74) is 12.5. The number of hydrazone groups is 1. The molecule has 2 aromatic rings. The second-order valence-electron chi connectivity index (χ2n) is 4.67. The van der Waals surface area contributed by atoms with E-state index in [0.29, 0.717) is 11.4 Å². The van der Waals surface area contributed by atoms with Crippen LogP contribution in [0.1, 0.15) is 11.4 Å². The van der Waals surface area contributed by atoms with Gasteiger partial charge in [0.05, 0.1) is 17.1 Å². The fourth-order valence-corrected chi connectivity index (χ4v) is 2.07. The van der Waals surface area contributed by atoms with Crippen LogP contribution in [0.3, 0.4) is 0 Å². The van der Waals surface area contributed by atoms with Crippen LogP contribution in [0.2, 0.25) is 0 Å². The zero-order valence-electron chi connectivity index (χ0n) is 11.8. The van der Waals surface area contributed by atoms with E-state index in [0.717, 1.165) is 17.1 Å². The predicted molar refractivity (Wildman–Crippen MR) is 83.6 cm³/mol. The Bertz CT molecular complexity index is 753. The van der Waals surface area contributed by atoms with Crippen LogP contribution < -0.4 is 11.2 Å². The number of nitrogens with one attached hydrogen (secondary N) is 1. The molecule has 1 aromatic carbocycles. The maximum absolute atomic E-state index is 5.86. The summed E-state index contributed by atoms with van der Waals surface area (Å²) >= 11 is 0. The van der Waals surface area contributed by atoms with E-state index >= 15 is 0 Å². The van der Waals surface area contributed by atoms with E-state index in [4.69, 9.17) is 5.73 Å². The molecule has 1 aromatic heterocycles. The number of nitrogens with zero attached hydrogens (tertiary/aromatic N) is 5. The SMILES string of the molecule is Cc1cc(C2=NN=C(N)C2=NNc2ccccc2)n(C)n1. The zero-order valence-corrected chi connectivity index (χ0v) is 11.8. The molecule has 21 heavy (non-hydrogen) atoms. The van der Waals surface area contributed by atoms with Crippen molar-refractivity contribution < 1.29 is 0 Å². The molecule has 0 atom stereocenters. The van der Waals surface area contributed by atoms with E-state index in [9.17, 15) is 0 Å². The Hall–Kier alpha value is -2.96. The lowest BCUT2D eigenvalue weighted by Gasteiger charge is -2.05. The van der Waals surface area contributed by atoms with Crippen molar-refractivity contribution in [3.05, 3.63) is 47.8 Å². The first kappa shape index (κ1) is 13.0. The topological polar surface area (TPSA) is 93.0 Å². The number of aryl methyl sites for hydroxylation is 2. The van der Waals surface area contributed by atoms with Gasteiger partial charge in [0.2, 0.25) is 0 Å². The van der Waals surface area contributed by atoms with Crippen LogP contribution in [-0.4, -0.2) is 27.0 Å². The molecule has 2 heterocycles. The summed E-state index contributed by atoms with van der Waals surface area (Å²) < 4.78 is 1.74. The number of aromatic nitrogens is 2. The Morgan fingerprint density at radius 2 is 1.95 bits per heavy atom. The normalized spacial score (nSPS) is 16.0. The third-order valence-electron chi connectivity index (χ3n) is 3.04. The molecule has 106 valence electrons. The highest BCUT2D eigenvalue weighted by molar-refractivity contribution is 6.72. The molecule has 7 nitrogen and oxygen atoms in total. The molecule has 3 rings (SSSR count). The average molecular weight is 281 g/mol. The van der Waals surface area contributed by atoms with Crippen LogP contribution in [0, 0.1) is 6.92 Å². The monoisotopic (exact) mass is 281 g/mol. The molecular formula is C14H15N7. The fraction of sp³-hybridized carbons (Fsp3) is 0.143. The van der Waals surface area contributed by atoms with E-state index in [1.54, 1.807) is 4.68 Å². The molecule has 0 amide bonds. The van der Waals surface area contributed by atoms with Gasteiger partial charge in [-0.25, -0.2) is 0 Å². The minimum Gasteiger partial charge on any atom is -0.380 e. The summed E-state index contributed by atoms with van der Waals surface area (Å²) in [6.07, 6.45) is 0. The Labute approximate surface area is 121 Å². The summed E-state index contributed by atoms with van der Waals surface area (Å²) in [6, 6.07) is 11.5. The highest BCUT2D eigenvalue weighted by atomic mass is 15.4. The number of nitrogens with two attached hydrogens (primary N) is 1. The lowest BCUT2D eigenvalue weighted by atomic mass is 10.1. The van der Waals surface area contributed by atoms with Crippen molar-refractivity contribution in [2.75, 3.05) is 5.43 Å². The van der Waals surface area contributed by atoms with Gasteiger partial charge < -0.3 is 5.73 Å². The van der Waals surface area contributed by atoms with Crippen molar-refractivity contribution in [2.45, 2.75) is 6.92 Å².